The highest BCUT2D eigenvalue weighted by Crippen LogP contribution is 2.32. The van der Waals surface area contributed by atoms with Gasteiger partial charge in [-0.15, -0.1) is 0 Å². The van der Waals surface area contributed by atoms with E-state index in [1.807, 2.05) is 24.3 Å². The molecule has 0 aromatic heterocycles. The van der Waals surface area contributed by atoms with Gasteiger partial charge < -0.3 is 4.74 Å². The number of carbonyl (C=O) groups excluding carboxylic acids is 1. The van der Waals surface area contributed by atoms with Crippen molar-refractivity contribution in [2.24, 2.45) is 0 Å². The van der Waals surface area contributed by atoms with Crippen molar-refractivity contribution < 1.29 is 22.7 Å². The van der Waals surface area contributed by atoms with Gasteiger partial charge in [0.1, 0.15) is 11.5 Å². The number of halogens is 3. The van der Waals surface area contributed by atoms with Crippen LogP contribution in [0, 0.1) is 0 Å². The number of fused-ring (bicyclic) bond motifs is 1. The second-order valence-corrected chi connectivity index (χ2v) is 5.61. The largest absolute Gasteiger partial charge is 0.457 e. The summed E-state index contributed by atoms with van der Waals surface area (Å²) in [7, 11) is 0. The number of aryl methyl sites for hydroxylation is 1. The molecule has 0 fully saturated rings. The number of hydrogen-bond donors (Lipinski definition) is 0. The number of rotatable bonds is 2. The molecule has 0 spiro atoms. The number of carbonyl (C=O) groups is 1. The standard InChI is InChI=1S/C19H15F3O2/c20-19(21,22)14-8-10-16(11-9-14)24-18-12-15(23)6-3-5-13-4-1-2-7-17(13)18/h1-2,4,7-12H,3,5-6H2/b18-12+. The number of hydrogen-bond acceptors (Lipinski definition) is 2. The molecule has 0 aliphatic heterocycles. The van der Waals surface area contributed by atoms with Crippen molar-refractivity contribution in [2.75, 3.05) is 0 Å². The lowest BCUT2D eigenvalue weighted by Crippen LogP contribution is -2.08. The first kappa shape index (κ1) is 16.3. The quantitative estimate of drug-likeness (QED) is 0.771. The predicted octanol–water partition coefficient (Wildman–Crippen LogP) is 5.03. The fourth-order valence-electron chi connectivity index (χ4n) is 2.65. The minimum Gasteiger partial charge on any atom is -0.457 e. The van der Waals surface area contributed by atoms with E-state index in [-0.39, 0.29) is 11.5 Å². The lowest BCUT2D eigenvalue weighted by molar-refractivity contribution is -0.137. The first-order chi connectivity index (χ1) is 11.4. The Kier molecular flexibility index (Phi) is 4.42. The first-order valence-corrected chi connectivity index (χ1v) is 7.61. The van der Waals surface area contributed by atoms with Crippen LogP contribution >= 0.6 is 0 Å². The van der Waals surface area contributed by atoms with Crippen molar-refractivity contribution in [1.29, 1.82) is 0 Å². The molecule has 3 rings (SSSR count). The van der Waals surface area contributed by atoms with Gasteiger partial charge in [-0.05, 0) is 42.7 Å². The molecule has 0 heterocycles. The Bertz CT molecular complexity index is 774. The van der Waals surface area contributed by atoms with E-state index in [1.165, 1.54) is 18.2 Å². The summed E-state index contributed by atoms with van der Waals surface area (Å²) in [5.41, 5.74) is 1.12. The molecule has 1 aliphatic rings. The van der Waals surface area contributed by atoms with Crippen molar-refractivity contribution in [1.82, 2.24) is 0 Å². The topological polar surface area (TPSA) is 26.3 Å². The summed E-state index contributed by atoms with van der Waals surface area (Å²) in [6.45, 7) is 0. The van der Waals surface area contributed by atoms with E-state index >= 15 is 0 Å². The number of benzene rings is 2. The van der Waals surface area contributed by atoms with Crippen LogP contribution in [0.2, 0.25) is 0 Å². The molecule has 0 unspecified atom stereocenters. The van der Waals surface area contributed by atoms with Gasteiger partial charge in [0.05, 0.1) is 5.56 Å². The van der Waals surface area contributed by atoms with Crippen LogP contribution in [0.15, 0.2) is 54.6 Å². The molecule has 2 aromatic rings. The van der Waals surface area contributed by atoms with E-state index in [1.54, 1.807) is 0 Å². The van der Waals surface area contributed by atoms with Crippen molar-refractivity contribution in [3.63, 3.8) is 0 Å². The Balaban J connectivity index is 1.92. The zero-order chi connectivity index (χ0) is 17.2. The first-order valence-electron chi connectivity index (χ1n) is 7.61. The van der Waals surface area contributed by atoms with Crippen LogP contribution in [-0.4, -0.2) is 5.78 Å². The minimum atomic E-state index is -4.39. The molecular formula is C19H15F3O2. The lowest BCUT2D eigenvalue weighted by Gasteiger charge is -2.17. The van der Waals surface area contributed by atoms with Gasteiger partial charge in [-0.2, -0.15) is 13.2 Å². The zero-order valence-electron chi connectivity index (χ0n) is 12.8. The molecule has 2 nitrogen and oxygen atoms in total. The van der Waals surface area contributed by atoms with Crippen molar-refractivity contribution >= 4 is 11.5 Å². The molecule has 0 saturated heterocycles. The van der Waals surface area contributed by atoms with Crippen LogP contribution < -0.4 is 4.74 Å². The van der Waals surface area contributed by atoms with Crippen LogP contribution in [0.4, 0.5) is 13.2 Å². The third kappa shape index (κ3) is 3.67. The summed E-state index contributed by atoms with van der Waals surface area (Å²) < 4.78 is 43.6. The second kappa shape index (κ2) is 6.51. The second-order valence-electron chi connectivity index (χ2n) is 5.61. The summed E-state index contributed by atoms with van der Waals surface area (Å²) >= 11 is 0. The third-order valence-electron chi connectivity index (χ3n) is 3.85. The highest BCUT2D eigenvalue weighted by Gasteiger charge is 2.30. The molecule has 0 saturated carbocycles. The highest BCUT2D eigenvalue weighted by molar-refractivity contribution is 5.96. The van der Waals surface area contributed by atoms with Crippen LogP contribution in [0.5, 0.6) is 5.75 Å². The monoisotopic (exact) mass is 332 g/mol. The van der Waals surface area contributed by atoms with Crippen molar-refractivity contribution in [3.8, 4) is 5.75 Å². The Labute approximate surface area is 137 Å². The van der Waals surface area contributed by atoms with Crippen LogP contribution in [0.1, 0.15) is 29.5 Å². The average molecular weight is 332 g/mol. The summed E-state index contributed by atoms with van der Waals surface area (Å²) in [5, 5.41) is 0. The Morgan fingerprint density at radius 3 is 2.33 bits per heavy atom. The summed E-state index contributed by atoms with van der Waals surface area (Å²) in [6.07, 6.45) is -1.01. The molecule has 0 atom stereocenters. The van der Waals surface area contributed by atoms with E-state index in [4.69, 9.17) is 4.74 Å². The number of alkyl halides is 3. The van der Waals surface area contributed by atoms with Gasteiger partial charge in [-0.1, -0.05) is 24.3 Å². The maximum absolute atomic E-state index is 12.6. The Hall–Kier alpha value is -2.56. The summed E-state index contributed by atoms with van der Waals surface area (Å²) in [6, 6.07) is 12.0. The molecule has 0 radical (unpaired) electrons. The summed E-state index contributed by atoms with van der Waals surface area (Å²) in [5.74, 6) is 0.582. The molecule has 5 heteroatoms. The van der Waals surface area contributed by atoms with Gasteiger partial charge in [-0.3, -0.25) is 4.79 Å². The molecule has 1 aliphatic carbocycles. The van der Waals surface area contributed by atoms with E-state index < -0.39 is 11.7 Å². The maximum atomic E-state index is 12.6. The van der Waals surface area contributed by atoms with Crippen molar-refractivity contribution in [3.05, 3.63) is 71.3 Å². The molecule has 0 N–H and O–H groups in total. The molecule has 0 amide bonds. The van der Waals surface area contributed by atoms with Gasteiger partial charge in [0.2, 0.25) is 0 Å². The molecule has 2 aromatic carbocycles. The SMILES string of the molecule is O=C1/C=C(/Oc2ccc(C(F)(F)F)cc2)c2ccccc2CCC1. The maximum Gasteiger partial charge on any atom is 0.416 e. The van der Waals surface area contributed by atoms with Gasteiger partial charge in [0, 0.05) is 18.1 Å². The van der Waals surface area contributed by atoms with Crippen LogP contribution in [0.3, 0.4) is 0 Å². The van der Waals surface area contributed by atoms with Crippen molar-refractivity contribution in [2.45, 2.75) is 25.4 Å². The minimum absolute atomic E-state index is 0.0496. The van der Waals surface area contributed by atoms with E-state index in [0.29, 0.717) is 12.2 Å². The average Bonchev–Trinajstić information content (AvgIpc) is 2.53. The van der Waals surface area contributed by atoms with Gasteiger partial charge in [-0.25, -0.2) is 0 Å². The number of ether oxygens (including phenoxy) is 1. The van der Waals surface area contributed by atoms with Gasteiger partial charge in [0.15, 0.2) is 5.78 Å². The normalized spacial score (nSPS) is 17.3. The zero-order valence-corrected chi connectivity index (χ0v) is 12.8. The Morgan fingerprint density at radius 2 is 1.62 bits per heavy atom. The van der Waals surface area contributed by atoms with Crippen LogP contribution in [-0.2, 0) is 17.4 Å². The third-order valence-corrected chi connectivity index (χ3v) is 3.85. The molecule has 0 bridgehead atoms. The van der Waals surface area contributed by atoms with Gasteiger partial charge in [0.25, 0.3) is 0 Å². The van der Waals surface area contributed by atoms with E-state index in [0.717, 1.165) is 36.1 Å². The fourth-order valence-corrected chi connectivity index (χ4v) is 2.65. The van der Waals surface area contributed by atoms with Gasteiger partial charge >= 0.3 is 6.18 Å². The molecular weight excluding hydrogens is 317 g/mol. The predicted molar refractivity (Wildman–Crippen MR) is 84.4 cm³/mol. The number of ketones is 1. The molecule has 124 valence electrons. The van der Waals surface area contributed by atoms with E-state index in [9.17, 15) is 18.0 Å². The van der Waals surface area contributed by atoms with Crippen LogP contribution in [0.25, 0.3) is 5.76 Å². The van der Waals surface area contributed by atoms with E-state index in [2.05, 4.69) is 0 Å². The smallest absolute Gasteiger partial charge is 0.416 e. The fraction of sp³-hybridized carbons (Fsp3) is 0.211. The summed E-state index contributed by atoms with van der Waals surface area (Å²) in [4.78, 5) is 11.9. The lowest BCUT2D eigenvalue weighted by atomic mass is 9.96. The highest BCUT2D eigenvalue weighted by atomic mass is 19.4. The Morgan fingerprint density at radius 1 is 0.917 bits per heavy atom. The number of allylic oxidation sites excluding steroid dienone is 1. The molecule has 24 heavy (non-hydrogen) atoms.